The number of amides is 3. The predicted molar refractivity (Wildman–Crippen MR) is 143 cm³/mol. The number of guanidine groups is 1. The molecule has 1 aromatic carbocycles. The zero-order valence-electron chi connectivity index (χ0n) is 22.1. The third kappa shape index (κ3) is 12.3. The Morgan fingerprint density at radius 2 is 1.54 bits per heavy atom. The summed E-state index contributed by atoms with van der Waals surface area (Å²) >= 11 is 0. The molecule has 216 valence electrons. The van der Waals surface area contributed by atoms with Gasteiger partial charge in [-0.05, 0) is 24.3 Å². The quantitative estimate of drug-likeness (QED) is 0.0645. The van der Waals surface area contributed by atoms with Crippen LogP contribution in [0.1, 0.15) is 45.1 Å². The molecule has 0 radical (unpaired) electrons. The molecule has 0 aliphatic heterocycles. The fraction of sp³-hybridized carbons (Fsp3) is 0.520. The van der Waals surface area contributed by atoms with Crippen LogP contribution in [0.5, 0.6) is 0 Å². The number of carbonyl (C=O) groups is 5. The molecule has 0 aliphatic rings. The molecule has 0 fully saturated rings. The minimum atomic E-state index is -1.37. The zero-order valence-corrected chi connectivity index (χ0v) is 22.1. The van der Waals surface area contributed by atoms with E-state index in [2.05, 4.69) is 20.9 Å². The van der Waals surface area contributed by atoms with Crippen molar-refractivity contribution in [2.24, 2.45) is 28.1 Å². The number of carboxylic acids is 2. The fourth-order valence-corrected chi connectivity index (χ4v) is 3.60. The number of rotatable bonds is 17. The predicted octanol–water partition coefficient (Wildman–Crippen LogP) is -1.33. The van der Waals surface area contributed by atoms with Crippen LogP contribution in [0.2, 0.25) is 0 Å². The zero-order chi connectivity index (χ0) is 29.5. The Morgan fingerprint density at radius 1 is 0.923 bits per heavy atom. The van der Waals surface area contributed by atoms with E-state index in [1.807, 2.05) is 0 Å². The Hall–Kier alpha value is -4.20. The van der Waals surface area contributed by atoms with Crippen molar-refractivity contribution in [3.63, 3.8) is 0 Å². The summed E-state index contributed by atoms with van der Waals surface area (Å²) in [6.07, 6.45) is 0.206. The maximum absolute atomic E-state index is 13.3. The summed E-state index contributed by atoms with van der Waals surface area (Å²) in [5.74, 6) is -5.33. The highest BCUT2D eigenvalue weighted by Crippen LogP contribution is 2.11. The first kappa shape index (κ1) is 32.8. The van der Waals surface area contributed by atoms with Crippen molar-refractivity contribution in [1.29, 1.82) is 0 Å². The molecule has 14 heteroatoms. The Bertz CT molecular complexity index is 1020. The van der Waals surface area contributed by atoms with Crippen molar-refractivity contribution in [2.75, 3.05) is 6.54 Å². The second kappa shape index (κ2) is 16.6. The largest absolute Gasteiger partial charge is 0.481 e. The van der Waals surface area contributed by atoms with Crippen molar-refractivity contribution in [2.45, 2.75) is 70.1 Å². The number of aliphatic carboxylic acids is 2. The van der Waals surface area contributed by atoms with Crippen molar-refractivity contribution in [3.8, 4) is 0 Å². The number of nitrogens with two attached hydrogens (primary N) is 3. The Labute approximate surface area is 226 Å². The molecule has 5 atom stereocenters. The topological polar surface area (TPSA) is 252 Å². The average molecular weight is 550 g/mol. The van der Waals surface area contributed by atoms with Crippen LogP contribution < -0.4 is 33.2 Å². The average Bonchev–Trinajstić information content (AvgIpc) is 2.87. The van der Waals surface area contributed by atoms with Gasteiger partial charge >= 0.3 is 11.9 Å². The molecule has 0 saturated heterocycles. The summed E-state index contributed by atoms with van der Waals surface area (Å²) in [5, 5.41) is 26.1. The molecule has 3 amide bonds. The van der Waals surface area contributed by atoms with E-state index in [1.165, 1.54) is 0 Å². The number of hydrogen-bond donors (Lipinski definition) is 8. The van der Waals surface area contributed by atoms with E-state index in [0.717, 1.165) is 0 Å². The summed E-state index contributed by atoms with van der Waals surface area (Å²) in [5.41, 5.74) is 16.9. The minimum absolute atomic E-state index is 0.0386. The number of benzene rings is 1. The molecule has 0 bridgehead atoms. The summed E-state index contributed by atoms with van der Waals surface area (Å²) in [4.78, 5) is 65.5. The SMILES string of the molecule is CCC(C)C(NC(=O)C(N)CC(=O)O)C(=O)NC(Cc1ccccc1)C(=O)NC(CCCN=C(N)N)C(=O)O. The first-order valence-electron chi connectivity index (χ1n) is 12.6. The molecule has 0 aromatic heterocycles. The molecule has 5 unspecified atom stereocenters. The van der Waals surface area contributed by atoms with Gasteiger partial charge in [-0.15, -0.1) is 0 Å². The van der Waals surface area contributed by atoms with Crippen LogP contribution in [0.15, 0.2) is 35.3 Å². The normalized spacial score (nSPS) is 14.5. The van der Waals surface area contributed by atoms with Gasteiger partial charge in [-0.3, -0.25) is 24.2 Å². The van der Waals surface area contributed by atoms with E-state index in [0.29, 0.717) is 12.0 Å². The molecule has 11 N–H and O–H groups in total. The number of hydrogen-bond acceptors (Lipinski definition) is 7. The van der Waals surface area contributed by atoms with E-state index in [9.17, 15) is 29.1 Å². The molecule has 0 saturated carbocycles. The highest BCUT2D eigenvalue weighted by molar-refractivity contribution is 5.95. The van der Waals surface area contributed by atoms with E-state index >= 15 is 0 Å². The summed E-state index contributed by atoms with van der Waals surface area (Å²) in [6.45, 7) is 3.67. The summed E-state index contributed by atoms with van der Waals surface area (Å²) < 4.78 is 0. The second-order valence-electron chi connectivity index (χ2n) is 9.18. The van der Waals surface area contributed by atoms with Gasteiger partial charge < -0.3 is 43.4 Å². The molecule has 1 aromatic rings. The van der Waals surface area contributed by atoms with Crippen LogP contribution in [0, 0.1) is 5.92 Å². The summed E-state index contributed by atoms with van der Waals surface area (Å²) in [6, 6.07) is 3.83. The molecule has 0 heterocycles. The highest BCUT2D eigenvalue weighted by Gasteiger charge is 2.32. The van der Waals surface area contributed by atoms with Crippen LogP contribution in [-0.2, 0) is 30.4 Å². The number of aliphatic imine (C=N–C) groups is 1. The Balaban J connectivity index is 3.12. The van der Waals surface area contributed by atoms with E-state index in [1.54, 1.807) is 44.2 Å². The Kier molecular flexibility index (Phi) is 14.0. The lowest BCUT2D eigenvalue weighted by Gasteiger charge is -2.28. The van der Waals surface area contributed by atoms with Gasteiger partial charge in [-0.25, -0.2) is 4.79 Å². The van der Waals surface area contributed by atoms with Crippen LogP contribution in [0.4, 0.5) is 0 Å². The minimum Gasteiger partial charge on any atom is -0.481 e. The van der Waals surface area contributed by atoms with Crippen LogP contribution in [-0.4, -0.2) is 76.5 Å². The molecule has 0 aliphatic carbocycles. The van der Waals surface area contributed by atoms with Gasteiger partial charge in [0.05, 0.1) is 12.5 Å². The smallest absolute Gasteiger partial charge is 0.326 e. The lowest BCUT2D eigenvalue weighted by Crippen LogP contribution is -2.59. The van der Waals surface area contributed by atoms with Gasteiger partial charge in [0.1, 0.15) is 18.1 Å². The van der Waals surface area contributed by atoms with Gasteiger partial charge in [-0.2, -0.15) is 0 Å². The van der Waals surface area contributed by atoms with Crippen LogP contribution in [0.3, 0.4) is 0 Å². The van der Waals surface area contributed by atoms with Crippen molar-refractivity contribution in [1.82, 2.24) is 16.0 Å². The van der Waals surface area contributed by atoms with Crippen molar-refractivity contribution in [3.05, 3.63) is 35.9 Å². The third-order valence-electron chi connectivity index (χ3n) is 6.00. The van der Waals surface area contributed by atoms with E-state index in [-0.39, 0.29) is 31.8 Å². The summed E-state index contributed by atoms with van der Waals surface area (Å²) in [7, 11) is 0. The lowest BCUT2D eigenvalue weighted by atomic mass is 9.96. The van der Waals surface area contributed by atoms with E-state index < -0.39 is 66.2 Å². The highest BCUT2D eigenvalue weighted by atomic mass is 16.4. The molecule has 14 nitrogen and oxygen atoms in total. The maximum Gasteiger partial charge on any atom is 0.326 e. The van der Waals surface area contributed by atoms with Gasteiger partial charge in [0.15, 0.2) is 5.96 Å². The number of nitrogens with zero attached hydrogens (tertiary/aromatic N) is 1. The molecular weight excluding hydrogens is 510 g/mol. The second-order valence-corrected chi connectivity index (χ2v) is 9.18. The van der Waals surface area contributed by atoms with Gasteiger partial charge in [0.25, 0.3) is 0 Å². The molecule has 39 heavy (non-hydrogen) atoms. The third-order valence-corrected chi connectivity index (χ3v) is 6.00. The van der Waals surface area contributed by atoms with Gasteiger partial charge in [0.2, 0.25) is 17.7 Å². The lowest BCUT2D eigenvalue weighted by molar-refractivity contribution is -0.142. The number of carboxylic acid groups (broad SMARTS) is 2. The van der Waals surface area contributed by atoms with Gasteiger partial charge in [0, 0.05) is 13.0 Å². The number of nitrogens with one attached hydrogen (secondary N) is 3. The monoisotopic (exact) mass is 549 g/mol. The molecular formula is C25H39N7O7. The molecule has 1 rings (SSSR count). The van der Waals surface area contributed by atoms with Crippen molar-refractivity contribution < 1.29 is 34.2 Å². The Morgan fingerprint density at radius 3 is 2.08 bits per heavy atom. The molecule has 0 spiro atoms. The van der Waals surface area contributed by atoms with E-state index in [4.69, 9.17) is 22.3 Å². The van der Waals surface area contributed by atoms with Crippen LogP contribution >= 0.6 is 0 Å². The van der Waals surface area contributed by atoms with Gasteiger partial charge in [-0.1, -0.05) is 50.6 Å². The van der Waals surface area contributed by atoms with Crippen molar-refractivity contribution >= 4 is 35.6 Å². The van der Waals surface area contributed by atoms with Crippen LogP contribution in [0.25, 0.3) is 0 Å². The number of carbonyl (C=O) groups excluding carboxylic acids is 3. The first-order valence-corrected chi connectivity index (χ1v) is 12.6. The maximum atomic E-state index is 13.3. The first-order chi connectivity index (χ1) is 18.3. The fourth-order valence-electron chi connectivity index (χ4n) is 3.60. The standard InChI is InChI=1S/C25H39N7O7/c1-3-14(2)20(32-21(35)16(26)13-19(33)34)23(37)31-18(12-15-8-5-4-6-9-15)22(36)30-17(24(38)39)10-7-11-29-25(27)28/h4-6,8-9,14,16-18,20H,3,7,10-13,26H2,1-2H3,(H,30,36)(H,31,37)(H,32,35)(H,33,34)(H,38,39)(H4,27,28,29).